The molecule has 0 saturated heterocycles. The highest BCUT2D eigenvalue weighted by Gasteiger charge is 2.74. The lowest BCUT2D eigenvalue weighted by Crippen LogP contribution is -2.69. The molecule has 0 spiro atoms. The van der Waals surface area contributed by atoms with Crippen molar-refractivity contribution in [1.82, 2.24) is 0 Å². The highest BCUT2D eigenvalue weighted by atomic mass is 35.5. The van der Waals surface area contributed by atoms with Gasteiger partial charge in [-0.15, -0.1) is 11.6 Å². The van der Waals surface area contributed by atoms with E-state index in [0.29, 0.717) is 25.7 Å². The molecule has 0 radical (unpaired) electrons. The fraction of sp³-hybridized carbons (Fsp3) is 0.714. The summed E-state index contributed by atoms with van der Waals surface area (Å²) in [5.74, 6) is -1.13. The predicted octanol–water partition coefficient (Wildman–Crippen LogP) is 4.67. The second kappa shape index (κ2) is 10.3. The van der Waals surface area contributed by atoms with Crippen LogP contribution in [0.15, 0.2) is 23.8 Å². The molecule has 0 aromatic heterocycles. The molecule has 4 aliphatic rings. The summed E-state index contributed by atoms with van der Waals surface area (Å²) in [6, 6.07) is 0. The van der Waals surface area contributed by atoms with Gasteiger partial charge in [-0.05, 0) is 69.4 Å². The summed E-state index contributed by atoms with van der Waals surface area (Å²) in [6.07, 6.45) is 4.39. The summed E-state index contributed by atoms with van der Waals surface area (Å²) >= 11 is 7.45. The molecule has 0 bridgehead atoms. The van der Waals surface area contributed by atoms with Crippen molar-refractivity contribution in [3.8, 4) is 0 Å². The number of hydrogen-bond acceptors (Lipinski definition) is 9. The number of halogens is 1. The van der Waals surface area contributed by atoms with Crippen LogP contribution in [0, 0.1) is 22.7 Å². The minimum Gasteiger partial charge on any atom is -0.435 e. The Balaban J connectivity index is 1.72. The third-order valence-corrected chi connectivity index (χ3v) is 10.4. The fourth-order valence-electron chi connectivity index (χ4n) is 7.64. The van der Waals surface area contributed by atoms with Gasteiger partial charge in [0.05, 0.1) is 24.2 Å². The molecule has 0 aromatic rings. The zero-order chi connectivity index (χ0) is 27.9. The molecule has 3 saturated carbocycles. The van der Waals surface area contributed by atoms with E-state index < -0.39 is 52.1 Å². The number of Topliss-reactive ketones (excluding diaryl/α,β-unsaturated/α-hetero) is 1. The van der Waals surface area contributed by atoms with Crippen LogP contribution in [0.1, 0.15) is 66.2 Å². The van der Waals surface area contributed by atoms with Crippen molar-refractivity contribution in [1.29, 1.82) is 0 Å². The number of hydrogen-bond donors (Lipinski definition) is 1. The van der Waals surface area contributed by atoms with Gasteiger partial charge in [-0.3, -0.25) is 9.59 Å². The average Bonchev–Trinajstić information content (AvgIpc) is 3.15. The maximum atomic E-state index is 13.8. The minimum atomic E-state index is -1.69. The molecule has 0 aliphatic heterocycles. The zero-order valence-corrected chi connectivity index (χ0v) is 23.2. The number of rotatable bonds is 7. The number of aliphatic hydroxyl groups excluding tert-OH is 1. The van der Waals surface area contributed by atoms with Crippen LogP contribution in [-0.2, 0) is 28.5 Å². The van der Waals surface area contributed by atoms with Gasteiger partial charge < -0.3 is 24.1 Å². The van der Waals surface area contributed by atoms with Gasteiger partial charge in [0.15, 0.2) is 18.0 Å². The Morgan fingerprint density at radius 1 is 1.08 bits per heavy atom. The summed E-state index contributed by atoms with van der Waals surface area (Å²) in [4.78, 5) is 49.4. The van der Waals surface area contributed by atoms with Crippen LogP contribution in [0.5, 0.6) is 0 Å². The molecule has 38 heavy (non-hydrogen) atoms. The molecular weight excluding hydrogens is 516 g/mol. The van der Waals surface area contributed by atoms with Gasteiger partial charge >= 0.3 is 12.3 Å². The smallest absolute Gasteiger partial charge is 0.435 e. The number of carbonyl (C=O) groups excluding carboxylic acids is 4. The Morgan fingerprint density at radius 3 is 2.50 bits per heavy atom. The van der Waals surface area contributed by atoms with E-state index >= 15 is 0 Å². The van der Waals surface area contributed by atoms with Gasteiger partial charge in [0.25, 0.3) is 0 Å². The first-order valence-electron chi connectivity index (χ1n) is 13.4. The van der Waals surface area contributed by atoms with Gasteiger partial charge in [-0.25, -0.2) is 9.59 Å². The molecule has 1 unspecified atom stereocenters. The lowest BCUT2D eigenvalue weighted by Gasteiger charge is -2.63. The minimum absolute atomic E-state index is 0.0640. The summed E-state index contributed by atoms with van der Waals surface area (Å²) < 4.78 is 20.9. The molecule has 10 heteroatoms. The van der Waals surface area contributed by atoms with E-state index in [-0.39, 0.29) is 43.7 Å². The van der Waals surface area contributed by atoms with Gasteiger partial charge in [-0.1, -0.05) is 32.4 Å². The van der Waals surface area contributed by atoms with Crippen LogP contribution >= 0.6 is 11.6 Å². The van der Waals surface area contributed by atoms with Crippen molar-refractivity contribution in [2.75, 3.05) is 19.8 Å². The fourth-order valence-corrected chi connectivity index (χ4v) is 8.16. The highest BCUT2D eigenvalue weighted by Crippen LogP contribution is 2.71. The SMILES string of the molecule is CCCOC(=O)O[C@]1(C(=O)COC(=O)OCC)CC[C@H]2[C@@H]3CCC4=CC(=O)C=C[C@]4(C)[C@@]3(Cl)C(O)C[C@@]21C. The van der Waals surface area contributed by atoms with E-state index in [1.54, 1.807) is 19.1 Å². The summed E-state index contributed by atoms with van der Waals surface area (Å²) in [5.41, 5.74) is -2.57. The van der Waals surface area contributed by atoms with Crippen molar-refractivity contribution in [2.24, 2.45) is 22.7 Å². The van der Waals surface area contributed by atoms with Crippen LogP contribution < -0.4 is 0 Å². The van der Waals surface area contributed by atoms with Gasteiger partial charge in [0.1, 0.15) is 0 Å². The van der Waals surface area contributed by atoms with Crippen LogP contribution in [0.2, 0.25) is 0 Å². The Morgan fingerprint density at radius 2 is 1.82 bits per heavy atom. The van der Waals surface area contributed by atoms with Crippen LogP contribution in [-0.4, -0.2) is 65.4 Å². The first-order chi connectivity index (χ1) is 17.9. The van der Waals surface area contributed by atoms with Crippen LogP contribution in [0.25, 0.3) is 0 Å². The monoisotopic (exact) mass is 552 g/mol. The summed E-state index contributed by atoms with van der Waals surface area (Å²) in [6.45, 7) is 6.80. The predicted molar refractivity (Wildman–Crippen MR) is 137 cm³/mol. The third-order valence-electron chi connectivity index (χ3n) is 9.48. The number of aliphatic hydroxyl groups is 1. The van der Waals surface area contributed by atoms with E-state index in [2.05, 4.69) is 0 Å². The largest absolute Gasteiger partial charge is 0.509 e. The van der Waals surface area contributed by atoms with E-state index in [1.165, 1.54) is 6.08 Å². The molecule has 3 fully saturated rings. The lowest BCUT2D eigenvalue weighted by atomic mass is 9.45. The normalized spacial score (nSPS) is 39.3. The lowest BCUT2D eigenvalue weighted by molar-refractivity contribution is -0.179. The number of carbonyl (C=O) groups is 4. The van der Waals surface area contributed by atoms with Crippen molar-refractivity contribution >= 4 is 35.5 Å². The van der Waals surface area contributed by atoms with Gasteiger partial charge in [-0.2, -0.15) is 0 Å². The second-order valence-corrected chi connectivity index (χ2v) is 11.9. The summed E-state index contributed by atoms with van der Waals surface area (Å²) in [7, 11) is 0. The molecule has 9 nitrogen and oxygen atoms in total. The molecule has 7 atom stereocenters. The number of ether oxygens (including phenoxy) is 4. The maximum Gasteiger partial charge on any atom is 0.509 e. The zero-order valence-electron chi connectivity index (χ0n) is 22.4. The molecule has 1 N–H and O–H groups in total. The van der Waals surface area contributed by atoms with E-state index in [4.69, 9.17) is 30.5 Å². The van der Waals surface area contributed by atoms with E-state index in [9.17, 15) is 24.3 Å². The third kappa shape index (κ3) is 4.17. The van der Waals surface area contributed by atoms with E-state index in [1.807, 2.05) is 20.8 Å². The first-order valence-corrected chi connectivity index (χ1v) is 13.8. The van der Waals surface area contributed by atoms with Crippen molar-refractivity contribution in [3.05, 3.63) is 23.8 Å². The highest BCUT2D eigenvalue weighted by molar-refractivity contribution is 6.26. The standard InChI is InChI=1S/C28H37ClO9/c1-5-13-36-24(34)38-27(22(32)16-37-23(33)35-6-2)12-10-19-20-8-7-17-14-18(30)9-11-25(17,3)28(20,29)21(31)15-26(19,27)4/h9,11,14,19-21,31H,5-8,10,12-13,15-16H2,1-4H3/t19-,20-,21?,25-,26-,27-,28-/m0/s1. The second-order valence-electron chi connectivity index (χ2n) is 11.2. The molecule has 0 heterocycles. The van der Waals surface area contributed by atoms with Crippen molar-refractivity contribution in [2.45, 2.75) is 82.8 Å². The molecule has 0 aromatic carbocycles. The molecule has 0 amide bonds. The number of alkyl halides is 1. The van der Waals surface area contributed by atoms with Gasteiger partial charge in [0.2, 0.25) is 5.78 Å². The van der Waals surface area contributed by atoms with Crippen molar-refractivity contribution < 1.29 is 43.2 Å². The topological polar surface area (TPSA) is 125 Å². The Kier molecular flexibility index (Phi) is 7.76. The first kappa shape index (κ1) is 28.6. The Hall–Kier alpha value is -2.39. The molecule has 210 valence electrons. The number of allylic oxidation sites excluding steroid dienone is 4. The average molecular weight is 553 g/mol. The molecule has 4 aliphatic carbocycles. The number of ketones is 2. The quantitative estimate of drug-likeness (QED) is 0.354. The summed E-state index contributed by atoms with van der Waals surface area (Å²) in [5, 5.41) is 11.8. The molecular formula is C28H37ClO9. The van der Waals surface area contributed by atoms with E-state index in [0.717, 1.165) is 5.57 Å². The maximum absolute atomic E-state index is 13.8. The molecule has 4 rings (SSSR count). The van der Waals surface area contributed by atoms with Crippen molar-refractivity contribution in [3.63, 3.8) is 0 Å². The van der Waals surface area contributed by atoms with Crippen LogP contribution in [0.4, 0.5) is 9.59 Å². The van der Waals surface area contributed by atoms with Gasteiger partial charge in [0, 0.05) is 10.8 Å². The Labute approximate surface area is 227 Å². The Bertz CT molecular complexity index is 1070. The van der Waals surface area contributed by atoms with Crippen LogP contribution in [0.3, 0.4) is 0 Å². The number of fused-ring (bicyclic) bond motifs is 5.